The Kier molecular flexibility index (Phi) is 7.60. The minimum absolute atomic E-state index is 0.641. The summed E-state index contributed by atoms with van der Waals surface area (Å²) >= 11 is 1.79. The van der Waals surface area contributed by atoms with E-state index < -0.39 is 0 Å². The molecular formula is C22H31N5S. The summed E-state index contributed by atoms with van der Waals surface area (Å²) in [5, 5.41) is 6.82. The van der Waals surface area contributed by atoms with Gasteiger partial charge in [0, 0.05) is 37.3 Å². The minimum atomic E-state index is 0.641. The Hall–Kier alpha value is -2.21. The van der Waals surface area contributed by atoms with Crippen molar-refractivity contribution in [2.75, 3.05) is 30.8 Å². The number of aliphatic imine (C=N–C) groups is 1. The van der Waals surface area contributed by atoms with Gasteiger partial charge in [0.1, 0.15) is 5.82 Å². The van der Waals surface area contributed by atoms with Gasteiger partial charge in [-0.1, -0.05) is 12.1 Å². The van der Waals surface area contributed by atoms with Crippen LogP contribution in [-0.4, -0.2) is 36.8 Å². The van der Waals surface area contributed by atoms with Gasteiger partial charge in [0.05, 0.1) is 6.54 Å². The van der Waals surface area contributed by atoms with Crippen LogP contribution in [0.15, 0.2) is 46.4 Å². The highest BCUT2D eigenvalue weighted by molar-refractivity contribution is 7.98. The monoisotopic (exact) mass is 397 g/mol. The van der Waals surface area contributed by atoms with Gasteiger partial charge in [-0.25, -0.2) is 9.98 Å². The second-order valence-electron chi connectivity index (χ2n) is 7.08. The normalized spacial score (nSPS) is 14.4. The van der Waals surface area contributed by atoms with E-state index >= 15 is 0 Å². The average molecular weight is 398 g/mol. The van der Waals surface area contributed by atoms with Gasteiger partial charge >= 0.3 is 0 Å². The van der Waals surface area contributed by atoms with E-state index in [0.29, 0.717) is 6.54 Å². The molecule has 0 saturated carbocycles. The number of rotatable bonds is 7. The summed E-state index contributed by atoms with van der Waals surface area (Å²) in [6.07, 6.45) is 6.54. The third kappa shape index (κ3) is 5.64. The Morgan fingerprint density at radius 3 is 2.75 bits per heavy atom. The molecule has 1 aromatic heterocycles. The predicted octanol–water partition coefficient (Wildman–Crippen LogP) is 3.97. The molecule has 1 aromatic carbocycles. The Morgan fingerprint density at radius 2 is 2.00 bits per heavy atom. The number of benzene rings is 1. The predicted molar refractivity (Wildman–Crippen MR) is 120 cm³/mol. The van der Waals surface area contributed by atoms with E-state index in [2.05, 4.69) is 71.0 Å². The molecular weight excluding hydrogens is 366 g/mol. The van der Waals surface area contributed by atoms with Crippen LogP contribution >= 0.6 is 11.8 Å². The number of aromatic nitrogens is 1. The lowest BCUT2D eigenvalue weighted by Gasteiger charge is -2.17. The van der Waals surface area contributed by atoms with Crippen molar-refractivity contribution in [1.82, 2.24) is 15.6 Å². The quantitative estimate of drug-likeness (QED) is 0.421. The number of thioether (sulfide) groups is 1. The highest BCUT2D eigenvalue weighted by atomic mass is 32.2. The molecule has 0 bridgehead atoms. The van der Waals surface area contributed by atoms with Crippen LogP contribution in [0.4, 0.5) is 5.82 Å². The molecule has 0 unspecified atom stereocenters. The molecule has 150 valence electrons. The first-order chi connectivity index (χ1) is 13.7. The van der Waals surface area contributed by atoms with Gasteiger partial charge in [-0.15, -0.1) is 11.8 Å². The van der Waals surface area contributed by atoms with Crippen LogP contribution < -0.4 is 15.5 Å². The molecule has 5 nitrogen and oxygen atoms in total. The zero-order chi connectivity index (χ0) is 19.8. The van der Waals surface area contributed by atoms with Crippen molar-refractivity contribution in [2.24, 2.45) is 4.99 Å². The van der Waals surface area contributed by atoms with Crippen LogP contribution in [0.1, 0.15) is 36.5 Å². The summed E-state index contributed by atoms with van der Waals surface area (Å²) in [6.45, 7) is 8.68. The molecule has 28 heavy (non-hydrogen) atoms. The molecule has 6 heteroatoms. The van der Waals surface area contributed by atoms with E-state index in [4.69, 9.17) is 4.99 Å². The van der Waals surface area contributed by atoms with Gasteiger partial charge in [-0.05, 0) is 67.8 Å². The van der Waals surface area contributed by atoms with Gasteiger partial charge in [0.25, 0.3) is 0 Å². The third-order valence-electron chi connectivity index (χ3n) is 4.89. The summed E-state index contributed by atoms with van der Waals surface area (Å²) in [7, 11) is 0. The van der Waals surface area contributed by atoms with Crippen LogP contribution in [0.5, 0.6) is 0 Å². The lowest BCUT2D eigenvalue weighted by molar-refractivity contribution is 0.806. The zero-order valence-electron chi connectivity index (χ0n) is 17.2. The van der Waals surface area contributed by atoms with Crippen molar-refractivity contribution >= 4 is 23.5 Å². The molecule has 1 aliphatic heterocycles. The maximum atomic E-state index is 4.78. The lowest BCUT2D eigenvalue weighted by Crippen LogP contribution is -2.36. The molecule has 0 aliphatic carbocycles. The molecule has 0 atom stereocenters. The van der Waals surface area contributed by atoms with Crippen LogP contribution in [0.25, 0.3) is 0 Å². The number of nitrogens with one attached hydrogen (secondary N) is 2. The number of hydrogen-bond acceptors (Lipinski definition) is 4. The highest BCUT2D eigenvalue weighted by Crippen LogP contribution is 2.22. The van der Waals surface area contributed by atoms with Crippen molar-refractivity contribution in [3.8, 4) is 0 Å². The fourth-order valence-corrected chi connectivity index (χ4v) is 4.07. The smallest absolute Gasteiger partial charge is 0.191 e. The maximum absolute atomic E-state index is 4.78. The molecule has 0 spiro atoms. The molecule has 0 radical (unpaired) electrons. The third-order valence-corrected chi connectivity index (χ3v) is 5.71. The minimum Gasteiger partial charge on any atom is -0.357 e. The average Bonchev–Trinajstić information content (AvgIpc) is 3.26. The Labute approximate surface area is 173 Å². The SMILES string of the molecule is CCNC(=NCc1ccnc(N2CCCC2)c1)NCc1ccc(C)cc1SC. The van der Waals surface area contributed by atoms with E-state index in [1.54, 1.807) is 11.8 Å². The van der Waals surface area contributed by atoms with Crippen molar-refractivity contribution < 1.29 is 0 Å². The standard InChI is InChI=1S/C22H31N5S/c1-4-23-22(26-16-19-8-7-17(2)13-20(19)28-3)25-15-18-9-10-24-21(14-18)27-11-5-6-12-27/h7-10,13-14H,4-6,11-12,15-16H2,1-3H3,(H2,23,25,26). The Bertz CT molecular complexity index is 799. The highest BCUT2D eigenvalue weighted by Gasteiger charge is 2.13. The van der Waals surface area contributed by atoms with Gasteiger partial charge in [0.15, 0.2) is 5.96 Å². The molecule has 2 aromatic rings. The van der Waals surface area contributed by atoms with Gasteiger partial charge in [0.2, 0.25) is 0 Å². The van der Waals surface area contributed by atoms with E-state index in [0.717, 1.165) is 38.0 Å². The first-order valence-electron chi connectivity index (χ1n) is 10.0. The Morgan fingerprint density at radius 1 is 1.18 bits per heavy atom. The van der Waals surface area contributed by atoms with E-state index in [1.807, 2.05) is 6.20 Å². The van der Waals surface area contributed by atoms with E-state index in [-0.39, 0.29) is 0 Å². The van der Waals surface area contributed by atoms with E-state index in [9.17, 15) is 0 Å². The molecule has 1 saturated heterocycles. The summed E-state index contributed by atoms with van der Waals surface area (Å²) < 4.78 is 0. The molecule has 0 amide bonds. The second-order valence-corrected chi connectivity index (χ2v) is 7.93. The van der Waals surface area contributed by atoms with Crippen molar-refractivity contribution in [1.29, 1.82) is 0 Å². The van der Waals surface area contributed by atoms with E-state index in [1.165, 1.54) is 34.4 Å². The van der Waals surface area contributed by atoms with Crippen LogP contribution in [0.2, 0.25) is 0 Å². The van der Waals surface area contributed by atoms with Gasteiger partial charge in [-0.2, -0.15) is 0 Å². The molecule has 2 heterocycles. The van der Waals surface area contributed by atoms with Crippen LogP contribution in [0, 0.1) is 6.92 Å². The molecule has 3 rings (SSSR count). The number of anilines is 1. The van der Waals surface area contributed by atoms with Gasteiger partial charge < -0.3 is 15.5 Å². The van der Waals surface area contributed by atoms with Crippen LogP contribution in [0.3, 0.4) is 0 Å². The maximum Gasteiger partial charge on any atom is 0.191 e. The number of pyridine rings is 1. The summed E-state index contributed by atoms with van der Waals surface area (Å²) in [4.78, 5) is 13.0. The molecule has 2 N–H and O–H groups in total. The Balaban J connectivity index is 1.65. The first kappa shape index (κ1) is 20.5. The summed E-state index contributed by atoms with van der Waals surface area (Å²) in [6, 6.07) is 10.8. The number of nitrogens with zero attached hydrogens (tertiary/aromatic N) is 3. The number of aryl methyl sites for hydroxylation is 1. The topological polar surface area (TPSA) is 52.6 Å². The zero-order valence-corrected chi connectivity index (χ0v) is 18.0. The van der Waals surface area contributed by atoms with Crippen molar-refractivity contribution in [3.63, 3.8) is 0 Å². The summed E-state index contributed by atoms with van der Waals surface area (Å²) in [5.74, 6) is 1.92. The lowest BCUT2D eigenvalue weighted by atomic mass is 10.1. The van der Waals surface area contributed by atoms with Crippen LogP contribution in [-0.2, 0) is 13.1 Å². The first-order valence-corrected chi connectivity index (χ1v) is 11.3. The van der Waals surface area contributed by atoms with Crippen molar-refractivity contribution in [3.05, 3.63) is 53.2 Å². The second kappa shape index (κ2) is 10.4. The number of guanidine groups is 1. The number of hydrogen-bond donors (Lipinski definition) is 2. The molecule has 1 aliphatic rings. The fourth-order valence-electron chi connectivity index (χ4n) is 3.37. The fraction of sp³-hybridized carbons (Fsp3) is 0.455. The van der Waals surface area contributed by atoms with Crippen molar-refractivity contribution in [2.45, 2.75) is 44.7 Å². The van der Waals surface area contributed by atoms with Gasteiger partial charge in [-0.3, -0.25) is 0 Å². The summed E-state index contributed by atoms with van der Waals surface area (Å²) in [5.41, 5.74) is 3.78. The molecule has 1 fully saturated rings. The largest absolute Gasteiger partial charge is 0.357 e.